The van der Waals surface area contributed by atoms with Crippen LogP contribution in [0.2, 0.25) is 0 Å². The van der Waals surface area contributed by atoms with Crippen molar-refractivity contribution in [3.8, 4) is 0 Å². The quantitative estimate of drug-likeness (QED) is 0.464. The predicted octanol–water partition coefficient (Wildman–Crippen LogP) is 5.32. The molecule has 0 saturated heterocycles. The molecule has 0 N–H and O–H groups in total. The van der Waals surface area contributed by atoms with Crippen molar-refractivity contribution in [2.75, 3.05) is 0 Å². The van der Waals surface area contributed by atoms with Crippen LogP contribution < -0.4 is 0 Å². The molecule has 132 valence electrons. The Morgan fingerprint density at radius 3 is 2.33 bits per heavy atom. The van der Waals surface area contributed by atoms with Gasteiger partial charge in [0.2, 0.25) is 0 Å². The third-order valence-electron chi connectivity index (χ3n) is 4.36. The molecule has 0 aliphatic carbocycles. The standard InChI is InChI=1S/C23H16FNO2/c24-19-12-10-18(11-13-19)23(26)27-22(17-7-2-1-3-8-17)21-20-9-5-4-6-16(20)14-15-25-21/h1-15,22H. The lowest BCUT2D eigenvalue weighted by molar-refractivity contribution is 0.0373. The van der Waals surface area contributed by atoms with Crippen LogP contribution in [0.25, 0.3) is 10.8 Å². The first-order valence-corrected chi connectivity index (χ1v) is 8.57. The molecule has 0 amide bonds. The Balaban J connectivity index is 1.78. The average molecular weight is 357 g/mol. The number of hydrogen-bond acceptors (Lipinski definition) is 3. The number of halogens is 1. The highest BCUT2D eigenvalue weighted by Gasteiger charge is 2.23. The number of nitrogens with zero attached hydrogens (tertiary/aromatic N) is 1. The van der Waals surface area contributed by atoms with Crippen molar-refractivity contribution in [1.82, 2.24) is 4.98 Å². The van der Waals surface area contributed by atoms with Gasteiger partial charge in [0.25, 0.3) is 0 Å². The molecule has 1 heterocycles. The van der Waals surface area contributed by atoms with Crippen LogP contribution in [-0.4, -0.2) is 11.0 Å². The van der Waals surface area contributed by atoms with Crippen LogP contribution in [-0.2, 0) is 4.74 Å². The maximum absolute atomic E-state index is 13.2. The predicted molar refractivity (Wildman–Crippen MR) is 102 cm³/mol. The third-order valence-corrected chi connectivity index (χ3v) is 4.36. The summed E-state index contributed by atoms with van der Waals surface area (Å²) in [6.07, 6.45) is 1.04. The number of hydrogen-bond donors (Lipinski definition) is 0. The average Bonchev–Trinajstić information content (AvgIpc) is 2.73. The number of rotatable bonds is 4. The lowest BCUT2D eigenvalue weighted by Gasteiger charge is -2.19. The molecule has 0 radical (unpaired) electrons. The molecule has 1 unspecified atom stereocenters. The summed E-state index contributed by atoms with van der Waals surface area (Å²) in [6, 6.07) is 24.5. The fourth-order valence-electron chi connectivity index (χ4n) is 3.02. The monoisotopic (exact) mass is 357 g/mol. The van der Waals surface area contributed by atoms with Crippen LogP contribution in [0.4, 0.5) is 4.39 Å². The van der Waals surface area contributed by atoms with Gasteiger partial charge in [-0.05, 0) is 41.3 Å². The van der Waals surface area contributed by atoms with Crippen LogP contribution in [0.3, 0.4) is 0 Å². The normalized spacial score (nSPS) is 11.9. The van der Waals surface area contributed by atoms with E-state index in [0.29, 0.717) is 5.69 Å². The van der Waals surface area contributed by atoms with Gasteiger partial charge in [0.15, 0.2) is 6.10 Å². The number of carbonyl (C=O) groups is 1. The summed E-state index contributed by atoms with van der Waals surface area (Å²) in [5.41, 5.74) is 1.77. The molecule has 3 aromatic carbocycles. The number of esters is 1. The second kappa shape index (κ2) is 7.38. The molecular formula is C23H16FNO2. The van der Waals surface area contributed by atoms with Crippen LogP contribution in [0.15, 0.2) is 91.1 Å². The van der Waals surface area contributed by atoms with Gasteiger partial charge >= 0.3 is 5.97 Å². The van der Waals surface area contributed by atoms with E-state index >= 15 is 0 Å². The van der Waals surface area contributed by atoms with Gasteiger partial charge in [0.1, 0.15) is 5.82 Å². The molecule has 27 heavy (non-hydrogen) atoms. The summed E-state index contributed by atoms with van der Waals surface area (Å²) in [6.45, 7) is 0. The van der Waals surface area contributed by atoms with Crippen molar-refractivity contribution >= 4 is 16.7 Å². The highest BCUT2D eigenvalue weighted by atomic mass is 19.1. The van der Waals surface area contributed by atoms with Crippen molar-refractivity contribution in [1.29, 1.82) is 0 Å². The smallest absolute Gasteiger partial charge is 0.339 e. The Morgan fingerprint density at radius 2 is 1.56 bits per heavy atom. The molecule has 0 fully saturated rings. The molecule has 4 heteroatoms. The number of fused-ring (bicyclic) bond motifs is 1. The van der Waals surface area contributed by atoms with Crippen LogP contribution in [0, 0.1) is 5.82 Å². The van der Waals surface area contributed by atoms with Crippen molar-refractivity contribution < 1.29 is 13.9 Å². The van der Waals surface area contributed by atoms with Crippen molar-refractivity contribution in [2.24, 2.45) is 0 Å². The number of benzene rings is 3. The highest BCUT2D eigenvalue weighted by molar-refractivity contribution is 5.90. The first-order chi connectivity index (χ1) is 13.2. The van der Waals surface area contributed by atoms with Crippen LogP contribution >= 0.6 is 0 Å². The van der Waals surface area contributed by atoms with E-state index in [1.807, 2.05) is 60.7 Å². The molecule has 0 saturated carbocycles. The van der Waals surface area contributed by atoms with Crippen molar-refractivity contribution in [3.05, 3.63) is 114 Å². The summed E-state index contributed by atoms with van der Waals surface area (Å²) < 4.78 is 19.0. The zero-order chi connectivity index (χ0) is 18.6. The lowest BCUT2D eigenvalue weighted by Crippen LogP contribution is -2.14. The number of pyridine rings is 1. The van der Waals surface area contributed by atoms with Crippen LogP contribution in [0.1, 0.15) is 27.7 Å². The van der Waals surface area contributed by atoms with E-state index in [9.17, 15) is 9.18 Å². The van der Waals surface area contributed by atoms with Crippen LogP contribution in [0.5, 0.6) is 0 Å². The van der Waals surface area contributed by atoms with E-state index in [2.05, 4.69) is 4.98 Å². The Bertz CT molecular complexity index is 1070. The van der Waals surface area contributed by atoms with E-state index in [1.165, 1.54) is 24.3 Å². The highest BCUT2D eigenvalue weighted by Crippen LogP contribution is 2.31. The molecule has 1 aromatic heterocycles. The van der Waals surface area contributed by atoms with E-state index in [0.717, 1.165) is 16.3 Å². The largest absolute Gasteiger partial charge is 0.447 e. The minimum Gasteiger partial charge on any atom is -0.447 e. The SMILES string of the molecule is O=C(OC(c1ccccc1)c1nccc2ccccc12)c1ccc(F)cc1. The Hall–Kier alpha value is -3.53. The van der Waals surface area contributed by atoms with Gasteiger partial charge in [-0.2, -0.15) is 0 Å². The number of aromatic nitrogens is 1. The molecule has 1 atom stereocenters. The first-order valence-electron chi connectivity index (χ1n) is 8.57. The summed E-state index contributed by atoms with van der Waals surface area (Å²) in [5, 5.41) is 1.93. The van der Waals surface area contributed by atoms with Gasteiger partial charge in [-0.25, -0.2) is 9.18 Å². The molecule has 0 spiro atoms. The van der Waals surface area contributed by atoms with Gasteiger partial charge in [0, 0.05) is 11.6 Å². The van der Waals surface area contributed by atoms with Gasteiger partial charge in [-0.1, -0.05) is 54.6 Å². The Labute approximate surface area is 156 Å². The van der Waals surface area contributed by atoms with Crippen molar-refractivity contribution in [3.63, 3.8) is 0 Å². The lowest BCUT2D eigenvalue weighted by atomic mass is 10.0. The first kappa shape index (κ1) is 16.9. The number of ether oxygens (including phenoxy) is 1. The van der Waals surface area contributed by atoms with E-state index in [-0.39, 0.29) is 5.56 Å². The molecule has 4 aromatic rings. The summed E-state index contributed by atoms with van der Waals surface area (Å²) in [5.74, 6) is -0.930. The fourth-order valence-corrected chi connectivity index (χ4v) is 3.02. The van der Waals surface area contributed by atoms with E-state index < -0.39 is 17.9 Å². The fraction of sp³-hybridized carbons (Fsp3) is 0.0435. The Morgan fingerprint density at radius 1 is 0.852 bits per heavy atom. The third kappa shape index (κ3) is 3.55. The Kier molecular flexibility index (Phi) is 4.62. The summed E-state index contributed by atoms with van der Waals surface area (Å²) >= 11 is 0. The van der Waals surface area contributed by atoms with Gasteiger partial charge in [-0.3, -0.25) is 4.98 Å². The zero-order valence-electron chi connectivity index (χ0n) is 14.4. The molecule has 4 rings (SSSR count). The summed E-state index contributed by atoms with van der Waals surface area (Å²) in [4.78, 5) is 17.2. The maximum Gasteiger partial charge on any atom is 0.339 e. The van der Waals surface area contributed by atoms with Gasteiger partial charge < -0.3 is 4.74 Å². The van der Waals surface area contributed by atoms with Crippen molar-refractivity contribution in [2.45, 2.75) is 6.10 Å². The summed E-state index contributed by atoms with van der Waals surface area (Å²) in [7, 11) is 0. The molecule has 0 aliphatic heterocycles. The van der Waals surface area contributed by atoms with Gasteiger partial charge in [0.05, 0.1) is 11.3 Å². The molecular weight excluding hydrogens is 341 g/mol. The minimum absolute atomic E-state index is 0.289. The minimum atomic E-state index is -0.671. The molecule has 0 aliphatic rings. The molecule has 0 bridgehead atoms. The van der Waals surface area contributed by atoms with E-state index in [1.54, 1.807) is 6.20 Å². The van der Waals surface area contributed by atoms with E-state index in [4.69, 9.17) is 4.74 Å². The maximum atomic E-state index is 13.2. The zero-order valence-corrected chi connectivity index (χ0v) is 14.4. The second-order valence-electron chi connectivity index (χ2n) is 6.12. The topological polar surface area (TPSA) is 39.2 Å². The van der Waals surface area contributed by atoms with Gasteiger partial charge in [-0.15, -0.1) is 0 Å². The second-order valence-corrected chi connectivity index (χ2v) is 6.12. The number of carbonyl (C=O) groups excluding carboxylic acids is 1. The molecule has 3 nitrogen and oxygen atoms in total.